The zero-order chi connectivity index (χ0) is 18.8. The van der Waals surface area contributed by atoms with Gasteiger partial charge < -0.3 is 10.0 Å². The van der Waals surface area contributed by atoms with Gasteiger partial charge >= 0.3 is 5.97 Å². The van der Waals surface area contributed by atoms with E-state index in [-0.39, 0.29) is 11.5 Å². The minimum atomic E-state index is -0.983. The third kappa shape index (κ3) is 3.47. The molecule has 2 fully saturated rings. The van der Waals surface area contributed by atoms with Gasteiger partial charge in [-0.3, -0.25) is 9.69 Å². The Morgan fingerprint density at radius 1 is 0.852 bits per heavy atom. The fourth-order valence-electron chi connectivity index (χ4n) is 4.32. The van der Waals surface area contributed by atoms with Gasteiger partial charge in [-0.1, -0.05) is 42.8 Å². The molecule has 0 radical (unpaired) electrons. The van der Waals surface area contributed by atoms with Gasteiger partial charge in [0.2, 0.25) is 0 Å². The fourth-order valence-corrected chi connectivity index (χ4v) is 4.32. The molecular formula is C22H24N2O3. The minimum absolute atomic E-state index is 0.00369. The van der Waals surface area contributed by atoms with Crippen molar-refractivity contribution in [2.24, 2.45) is 0 Å². The number of carbonyl (C=O) groups excluding carboxylic acids is 1. The first-order valence-corrected chi connectivity index (χ1v) is 9.60. The molecular weight excluding hydrogens is 340 g/mol. The maximum Gasteiger partial charge on any atom is 0.336 e. The first-order valence-electron chi connectivity index (χ1n) is 9.60. The van der Waals surface area contributed by atoms with E-state index in [2.05, 4.69) is 4.90 Å². The lowest BCUT2D eigenvalue weighted by Gasteiger charge is -2.44. The van der Waals surface area contributed by atoms with Crippen LogP contribution in [0, 0.1) is 0 Å². The molecule has 0 saturated carbocycles. The van der Waals surface area contributed by atoms with Gasteiger partial charge in [0.15, 0.2) is 0 Å². The summed E-state index contributed by atoms with van der Waals surface area (Å²) in [5, 5.41) is 9.53. The van der Waals surface area contributed by atoms with Gasteiger partial charge in [-0.05, 0) is 42.6 Å². The van der Waals surface area contributed by atoms with Crippen LogP contribution in [0.1, 0.15) is 40.0 Å². The summed E-state index contributed by atoms with van der Waals surface area (Å²) in [4.78, 5) is 29.4. The smallest absolute Gasteiger partial charge is 0.336 e. The number of hydrogen-bond donors (Lipinski definition) is 1. The number of hydrogen-bond acceptors (Lipinski definition) is 3. The largest absolute Gasteiger partial charge is 0.478 e. The zero-order valence-electron chi connectivity index (χ0n) is 15.3. The normalized spacial score (nSPS) is 20.1. The van der Waals surface area contributed by atoms with Crippen molar-refractivity contribution in [3.63, 3.8) is 0 Å². The lowest BCUT2D eigenvalue weighted by atomic mass is 9.94. The van der Waals surface area contributed by atoms with Gasteiger partial charge in [-0.2, -0.15) is 0 Å². The van der Waals surface area contributed by atoms with Crippen LogP contribution >= 0.6 is 0 Å². The molecule has 1 amide bonds. The average Bonchev–Trinajstić information content (AvgIpc) is 2.73. The SMILES string of the molecule is O=C(O)c1ccccc1-c1ccccc1C(=O)N1CCN2CCCCC2C1. The van der Waals surface area contributed by atoms with Crippen LogP contribution in [0.2, 0.25) is 0 Å². The number of benzene rings is 2. The molecule has 1 N–H and O–H groups in total. The molecule has 0 aliphatic carbocycles. The van der Waals surface area contributed by atoms with E-state index in [0.29, 0.717) is 22.7 Å². The van der Waals surface area contributed by atoms with Crippen molar-refractivity contribution in [1.82, 2.24) is 9.80 Å². The van der Waals surface area contributed by atoms with Gasteiger partial charge in [-0.15, -0.1) is 0 Å². The second-order valence-corrected chi connectivity index (χ2v) is 7.33. The maximum absolute atomic E-state index is 13.3. The predicted octanol–water partition coefficient (Wildman–Crippen LogP) is 3.36. The van der Waals surface area contributed by atoms with Crippen molar-refractivity contribution in [2.75, 3.05) is 26.2 Å². The van der Waals surface area contributed by atoms with Crippen molar-refractivity contribution >= 4 is 11.9 Å². The number of amides is 1. The molecule has 2 aliphatic rings. The topological polar surface area (TPSA) is 60.9 Å². The van der Waals surface area contributed by atoms with Gasteiger partial charge in [0.05, 0.1) is 5.56 Å². The predicted molar refractivity (Wildman–Crippen MR) is 104 cm³/mol. The Morgan fingerprint density at radius 3 is 2.26 bits per heavy atom. The quantitative estimate of drug-likeness (QED) is 0.907. The Labute approximate surface area is 159 Å². The third-order valence-corrected chi connectivity index (χ3v) is 5.73. The van der Waals surface area contributed by atoms with Crippen molar-refractivity contribution in [2.45, 2.75) is 25.3 Å². The van der Waals surface area contributed by atoms with E-state index in [9.17, 15) is 14.7 Å². The molecule has 2 saturated heterocycles. The highest BCUT2D eigenvalue weighted by Gasteiger charge is 2.32. The molecule has 5 heteroatoms. The van der Waals surface area contributed by atoms with Crippen molar-refractivity contribution in [3.8, 4) is 11.1 Å². The van der Waals surface area contributed by atoms with E-state index < -0.39 is 5.97 Å². The van der Waals surface area contributed by atoms with Gasteiger partial charge in [0, 0.05) is 31.2 Å². The van der Waals surface area contributed by atoms with Crippen molar-refractivity contribution in [1.29, 1.82) is 0 Å². The lowest BCUT2D eigenvalue weighted by molar-refractivity contribution is 0.0373. The molecule has 0 spiro atoms. The Kier molecular flexibility index (Phi) is 4.94. The van der Waals surface area contributed by atoms with E-state index >= 15 is 0 Å². The maximum atomic E-state index is 13.3. The third-order valence-electron chi connectivity index (χ3n) is 5.73. The summed E-state index contributed by atoms with van der Waals surface area (Å²) in [6.45, 7) is 3.54. The van der Waals surface area contributed by atoms with Crippen LogP contribution in [-0.4, -0.2) is 59.0 Å². The highest BCUT2D eigenvalue weighted by Crippen LogP contribution is 2.29. The van der Waals surface area contributed by atoms with Crippen molar-refractivity contribution in [3.05, 3.63) is 59.7 Å². The highest BCUT2D eigenvalue weighted by molar-refractivity contribution is 6.04. The van der Waals surface area contributed by atoms with E-state index in [1.54, 1.807) is 18.2 Å². The second-order valence-electron chi connectivity index (χ2n) is 7.33. The number of piperazine rings is 1. The number of rotatable bonds is 3. The number of aromatic carboxylic acids is 1. The molecule has 0 aromatic heterocycles. The van der Waals surface area contributed by atoms with Crippen LogP contribution in [0.4, 0.5) is 0 Å². The molecule has 2 aliphatic heterocycles. The first kappa shape index (κ1) is 17.7. The van der Waals surface area contributed by atoms with E-state index in [0.717, 1.165) is 32.6 Å². The van der Waals surface area contributed by atoms with Crippen LogP contribution in [0.5, 0.6) is 0 Å². The standard InChI is InChI=1S/C22H24N2O3/c25-21(24-14-13-23-12-6-5-7-16(23)15-24)19-10-3-1-8-17(19)18-9-2-4-11-20(18)22(26)27/h1-4,8-11,16H,5-7,12-15H2,(H,26,27). The molecule has 1 atom stereocenters. The molecule has 140 valence electrons. The van der Waals surface area contributed by atoms with E-state index in [1.807, 2.05) is 35.2 Å². The van der Waals surface area contributed by atoms with Crippen LogP contribution in [0.15, 0.2) is 48.5 Å². The van der Waals surface area contributed by atoms with Crippen LogP contribution in [-0.2, 0) is 0 Å². The number of piperidine rings is 1. The molecule has 27 heavy (non-hydrogen) atoms. The lowest BCUT2D eigenvalue weighted by Crippen LogP contribution is -2.56. The average molecular weight is 364 g/mol. The fraction of sp³-hybridized carbons (Fsp3) is 0.364. The van der Waals surface area contributed by atoms with Gasteiger partial charge in [0.1, 0.15) is 0 Å². The summed E-state index contributed by atoms with van der Waals surface area (Å²) in [5.41, 5.74) is 2.07. The summed E-state index contributed by atoms with van der Waals surface area (Å²) in [5.74, 6) is -0.986. The Balaban J connectivity index is 1.65. The van der Waals surface area contributed by atoms with Crippen LogP contribution in [0.3, 0.4) is 0 Å². The molecule has 2 heterocycles. The molecule has 5 nitrogen and oxygen atoms in total. The number of carbonyl (C=O) groups is 2. The number of fused-ring (bicyclic) bond motifs is 1. The minimum Gasteiger partial charge on any atom is -0.478 e. The summed E-state index contributed by atoms with van der Waals surface area (Å²) in [6.07, 6.45) is 3.62. The van der Waals surface area contributed by atoms with Gasteiger partial charge in [0.25, 0.3) is 5.91 Å². The number of carboxylic acids is 1. The van der Waals surface area contributed by atoms with E-state index in [1.165, 1.54) is 12.8 Å². The van der Waals surface area contributed by atoms with Gasteiger partial charge in [-0.25, -0.2) is 4.79 Å². The Bertz CT molecular complexity index is 864. The van der Waals surface area contributed by atoms with Crippen LogP contribution in [0.25, 0.3) is 11.1 Å². The molecule has 2 aromatic carbocycles. The molecule has 1 unspecified atom stereocenters. The summed E-state index contributed by atoms with van der Waals surface area (Å²) < 4.78 is 0. The molecule has 0 bridgehead atoms. The molecule has 2 aromatic rings. The summed E-state index contributed by atoms with van der Waals surface area (Å²) >= 11 is 0. The van der Waals surface area contributed by atoms with Crippen molar-refractivity contribution < 1.29 is 14.7 Å². The van der Waals surface area contributed by atoms with E-state index in [4.69, 9.17) is 0 Å². The van der Waals surface area contributed by atoms with Crippen LogP contribution < -0.4 is 0 Å². The zero-order valence-corrected chi connectivity index (χ0v) is 15.3. The summed E-state index contributed by atoms with van der Waals surface area (Å²) in [7, 11) is 0. The monoisotopic (exact) mass is 364 g/mol. The first-order chi connectivity index (χ1) is 13.1. The Morgan fingerprint density at radius 2 is 1.52 bits per heavy atom. The number of carboxylic acid groups (broad SMARTS) is 1. The molecule has 4 rings (SSSR count). The number of nitrogens with zero attached hydrogens (tertiary/aromatic N) is 2. The Hall–Kier alpha value is -2.66. The second kappa shape index (κ2) is 7.53. The summed E-state index contributed by atoms with van der Waals surface area (Å²) in [6, 6.07) is 14.7. The highest BCUT2D eigenvalue weighted by atomic mass is 16.4.